The summed E-state index contributed by atoms with van der Waals surface area (Å²) in [7, 11) is 1.63. The highest BCUT2D eigenvalue weighted by Gasteiger charge is 2.14. The molecule has 4 nitrogen and oxygen atoms in total. The molecule has 1 aromatic heterocycles. The lowest BCUT2D eigenvalue weighted by Gasteiger charge is -2.18. The van der Waals surface area contributed by atoms with Gasteiger partial charge in [-0.2, -0.15) is 0 Å². The van der Waals surface area contributed by atoms with Crippen LogP contribution in [0.4, 0.5) is 5.69 Å². The van der Waals surface area contributed by atoms with Gasteiger partial charge in [0.1, 0.15) is 5.75 Å². The van der Waals surface area contributed by atoms with E-state index in [-0.39, 0.29) is 6.61 Å². The van der Waals surface area contributed by atoms with Crippen molar-refractivity contribution in [2.75, 3.05) is 25.1 Å². The molecule has 0 bridgehead atoms. The lowest BCUT2D eigenvalue weighted by molar-refractivity contribution is 0.281. The molecular weight excluding hydrogens is 264 g/mol. The monoisotopic (exact) mass is 284 g/mol. The lowest BCUT2D eigenvalue weighted by Crippen LogP contribution is -2.17. The van der Waals surface area contributed by atoms with E-state index in [1.54, 1.807) is 7.11 Å². The zero-order valence-corrected chi connectivity index (χ0v) is 12.2. The first kappa shape index (κ1) is 13.9. The first-order chi connectivity index (χ1) is 10.3. The van der Waals surface area contributed by atoms with Gasteiger partial charge in [0.25, 0.3) is 0 Å². The first-order valence-electron chi connectivity index (χ1n) is 7.31. The van der Waals surface area contributed by atoms with Crippen molar-refractivity contribution in [3.8, 4) is 17.0 Å². The number of aliphatic hydroxyl groups excluding tert-OH is 1. The van der Waals surface area contributed by atoms with Gasteiger partial charge < -0.3 is 14.7 Å². The number of methoxy groups -OCH3 is 1. The summed E-state index contributed by atoms with van der Waals surface area (Å²) < 4.78 is 5.21. The average Bonchev–Trinajstić information content (AvgIpc) is 3.09. The van der Waals surface area contributed by atoms with E-state index in [2.05, 4.69) is 22.0 Å². The Morgan fingerprint density at radius 2 is 2.00 bits per heavy atom. The molecule has 1 aliphatic heterocycles. The largest absolute Gasteiger partial charge is 0.497 e. The number of hydrogen-bond acceptors (Lipinski definition) is 4. The van der Waals surface area contributed by atoms with Crippen LogP contribution in [0.3, 0.4) is 0 Å². The zero-order valence-electron chi connectivity index (χ0n) is 12.2. The molecule has 0 aliphatic carbocycles. The van der Waals surface area contributed by atoms with Gasteiger partial charge in [-0.3, -0.25) is 4.98 Å². The molecule has 0 unspecified atom stereocenters. The van der Waals surface area contributed by atoms with Gasteiger partial charge in [-0.1, -0.05) is 0 Å². The van der Waals surface area contributed by atoms with Gasteiger partial charge in [0.15, 0.2) is 0 Å². The van der Waals surface area contributed by atoms with Crippen molar-refractivity contribution in [2.24, 2.45) is 0 Å². The molecule has 0 saturated carbocycles. The molecule has 110 valence electrons. The number of anilines is 1. The molecule has 21 heavy (non-hydrogen) atoms. The predicted molar refractivity (Wildman–Crippen MR) is 83.6 cm³/mol. The van der Waals surface area contributed by atoms with Crippen molar-refractivity contribution in [1.29, 1.82) is 0 Å². The van der Waals surface area contributed by atoms with Crippen LogP contribution < -0.4 is 9.64 Å². The Hall–Kier alpha value is -2.07. The Labute approximate surface area is 125 Å². The number of nitrogens with zero attached hydrogens (tertiary/aromatic N) is 2. The number of pyridine rings is 1. The Morgan fingerprint density at radius 3 is 2.71 bits per heavy atom. The third-order valence-electron chi connectivity index (χ3n) is 3.97. The van der Waals surface area contributed by atoms with E-state index in [1.807, 2.05) is 24.4 Å². The number of hydrogen-bond donors (Lipinski definition) is 1. The third kappa shape index (κ3) is 2.85. The molecule has 2 heterocycles. The van der Waals surface area contributed by atoms with E-state index in [0.29, 0.717) is 0 Å². The molecule has 1 saturated heterocycles. The second-order valence-corrected chi connectivity index (χ2v) is 5.27. The van der Waals surface area contributed by atoms with Gasteiger partial charge in [-0.05, 0) is 48.7 Å². The molecule has 1 fully saturated rings. The topological polar surface area (TPSA) is 45.6 Å². The van der Waals surface area contributed by atoms with Crippen molar-refractivity contribution in [3.05, 3.63) is 42.1 Å². The normalized spacial score (nSPS) is 14.5. The van der Waals surface area contributed by atoms with Crippen LogP contribution in [-0.2, 0) is 6.61 Å². The van der Waals surface area contributed by atoms with E-state index in [4.69, 9.17) is 4.74 Å². The molecule has 0 radical (unpaired) electrons. The summed E-state index contributed by atoms with van der Waals surface area (Å²) in [6.07, 6.45) is 4.35. The van der Waals surface area contributed by atoms with E-state index in [9.17, 15) is 5.11 Å². The predicted octanol–water partition coefficient (Wildman–Crippen LogP) is 2.85. The van der Waals surface area contributed by atoms with Gasteiger partial charge in [-0.25, -0.2) is 0 Å². The fraction of sp³-hybridized carbons (Fsp3) is 0.353. The maximum Gasteiger partial charge on any atom is 0.119 e. The Morgan fingerprint density at radius 1 is 1.19 bits per heavy atom. The van der Waals surface area contributed by atoms with Crippen LogP contribution in [0.25, 0.3) is 11.3 Å². The van der Waals surface area contributed by atoms with Gasteiger partial charge in [0.2, 0.25) is 0 Å². The van der Waals surface area contributed by atoms with Crippen LogP contribution in [0, 0.1) is 0 Å². The molecule has 1 aliphatic rings. The summed E-state index contributed by atoms with van der Waals surface area (Å²) in [5, 5.41) is 9.59. The van der Waals surface area contributed by atoms with Crippen molar-refractivity contribution < 1.29 is 9.84 Å². The van der Waals surface area contributed by atoms with Crippen LogP contribution in [0.15, 0.2) is 36.5 Å². The third-order valence-corrected chi connectivity index (χ3v) is 3.97. The van der Waals surface area contributed by atoms with Crippen molar-refractivity contribution in [2.45, 2.75) is 19.4 Å². The summed E-state index contributed by atoms with van der Waals surface area (Å²) >= 11 is 0. The summed E-state index contributed by atoms with van der Waals surface area (Å²) in [6.45, 7) is 2.19. The number of ether oxygens (including phenoxy) is 1. The fourth-order valence-corrected chi connectivity index (χ4v) is 2.82. The van der Waals surface area contributed by atoms with E-state index < -0.39 is 0 Å². The Balaban J connectivity index is 1.98. The molecule has 0 amide bonds. The van der Waals surface area contributed by atoms with Crippen LogP contribution >= 0.6 is 0 Å². The van der Waals surface area contributed by atoms with E-state index >= 15 is 0 Å². The van der Waals surface area contributed by atoms with Crippen LogP contribution in [0.2, 0.25) is 0 Å². The maximum atomic E-state index is 9.59. The van der Waals surface area contributed by atoms with Gasteiger partial charge in [0, 0.05) is 30.5 Å². The molecule has 0 atom stereocenters. The minimum Gasteiger partial charge on any atom is -0.497 e. The lowest BCUT2D eigenvalue weighted by atomic mass is 10.0. The number of rotatable bonds is 4. The zero-order chi connectivity index (χ0) is 14.7. The highest BCUT2D eigenvalue weighted by Crippen LogP contribution is 2.29. The van der Waals surface area contributed by atoms with Crippen molar-refractivity contribution >= 4 is 5.69 Å². The number of aliphatic hydroxyl groups is 1. The second-order valence-electron chi connectivity index (χ2n) is 5.27. The standard InChI is InChI=1S/C17H20N2O2/c1-21-15-4-5-16(13(10-15)12-20)17-11-14(6-7-18-17)19-8-2-3-9-19/h4-7,10-11,20H,2-3,8-9,12H2,1H3. The molecule has 0 spiro atoms. The fourth-order valence-electron chi connectivity index (χ4n) is 2.82. The van der Waals surface area contributed by atoms with Crippen molar-refractivity contribution in [1.82, 2.24) is 4.98 Å². The van der Waals surface area contributed by atoms with Gasteiger partial charge >= 0.3 is 0 Å². The molecule has 1 aromatic carbocycles. The first-order valence-corrected chi connectivity index (χ1v) is 7.31. The summed E-state index contributed by atoms with van der Waals surface area (Å²) in [6, 6.07) is 9.88. The van der Waals surface area contributed by atoms with Crippen LogP contribution in [-0.4, -0.2) is 30.3 Å². The summed E-state index contributed by atoms with van der Waals surface area (Å²) in [5.74, 6) is 0.749. The molecule has 4 heteroatoms. The quantitative estimate of drug-likeness (QED) is 0.937. The minimum absolute atomic E-state index is 0.0256. The van der Waals surface area contributed by atoms with Gasteiger partial charge in [-0.15, -0.1) is 0 Å². The molecule has 1 N–H and O–H groups in total. The molecule has 3 rings (SSSR count). The summed E-state index contributed by atoms with van der Waals surface area (Å²) in [5.41, 5.74) is 3.89. The van der Waals surface area contributed by atoms with Crippen molar-refractivity contribution in [3.63, 3.8) is 0 Å². The Bertz CT molecular complexity index is 622. The SMILES string of the molecule is COc1ccc(-c2cc(N3CCCC3)ccn2)c(CO)c1. The Kier molecular flexibility index (Phi) is 4.06. The average molecular weight is 284 g/mol. The van der Waals surface area contributed by atoms with E-state index in [1.165, 1.54) is 18.5 Å². The summed E-state index contributed by atoms with van der Waals surface area (Å²) in [4.78, 5) is 6.85. The number of aromatic nitrogens is 1. The van der Waals surface area contributed by atoms with Crippen LogP contribution in [0.5, 0.6) is 5.75 Å². The highest BCUT2D eigenvalue weighted by atomic mass is 16.5. The highest BCUT2D eigenvalue weighted by molar-refractivity contribution is 5.68. The maximum absolute atomic E-state index is 9.59. The van der Waals surface area contributed by atoms with Gasteiger partial charge in [0.05, 0.1) is 19.4 Å². The van der Waals surface area contributed by atoms with E-state index in [0.717, 1.165) is 35.7 Å². The number of benzene rings is 1. The smallest absolute Gasteiger partial charge is 0.119 e. The van der Waals surface area contributed by atoms with Crippen LogP contribution in [0.1, 0.15) is 18.4 Å². The minimum atomic E-state index is -0.0256. The molecular formula is C17H20N2O2. The molecule has 2 aromatic rings. The second kappa shape index (κ2) is 6.14.